The molecule has 32 heavy (non-hydrogen) atoms. The van der Waals surface area contributed by atoms with E-state index in [1.54, 1.807) is 0 Å². The van der Waals surface area contributed by atoms with Crippen LogP contribution in [0, 0.1) is 11.8 Å². The smallest absolute Gasteiger partial charge is 0.251 e. The second kappa shape index (κ2) is 11.3. The van der Waals surface area contributed by atoms with Crippen LogP contribution in [-0.2, 0) is 11.2 Å². The number of rotatable bonds is 9. The highest BCUT2D eigenvalue weighted by atomic mass is 16.2. The summed E-state index contributed by atoms with van der Waals surface area (Å²) in [6.45, 7) is 3.61. The average molecular weight is 440 g/mol. The Morgan fingerprint density at radius 2 is 1.66 bits per heavy atom. The van der Waals surface area contributed by atoms with Crippen molar-refractivity contribution in [3.05, 3.63) is 35.4 Å². The first-order valence-electron chi connectivity index (χ1n) is 13.0. The Balaban J connectivity index is 1.13. The van der Waals surface area contributed by atoms with Gasteiger partial charge in [0.05, 0.1) is 0 Å². The number of amides is 2. The van der Waals surface area contributed by atoms with E-state index in [1.165, 1.54) is 37.7 Å². The Labute approximate surface area is 193 Å². The summed E-state index contributed by atoms with van der Waals surface area (Å²) in [5, 5.41) is 3.08. The summed E-state index contributed by atoms with van der Waals surface area (Å²) in [5.74, 6) is 1.39. The molecule has 0 atom stereocenters. The fourth-order valence-electron chi connectivity index (χ4n) is 5.41. The van der Waals surface area contributed by atoms with E-state index in [4.69, 9.17) is 0 Å². The number of carbonyl (C=O) groups excluding carboxylic acids is 2. The summed E-state index contributed by atoms with van der Waals surface area (Å²) in [4.78, 5) is 29.3. The van der Waals surface area contributed by atoms with Crippen molar-refractivity contribution in [1.29, 1.82) is 0 Å². The maximum Gasteiger partial charge on any atom is 0.251 e. The molecule has 0 spiro atoms. The van der Waals surface area contributed by atoms with Crippen molar-refractivity contribution in [2.45, 2.75) is 76.7 Å². The molecule has 0 radical (unpaired) electrons. The third-order valence-electron chi connectivity index (χ3n) is 7.76. The van der Waals surface area contributed by atoms with Gasteiger partial charge < -0.3 is 15.1 Å². The Morgan fingerprint density at radius 1 is 0.969 bits per heavy atom. The first-order chi connectivity index (χ1) is 15.6. The molecule has 0 unspecified atom stereocenters. The molecular formula is C27H41N3O2. The first-order valence-corrected chi connectivity index (χ1v) is 13.0. The van der Waals surface area contributed by atoms with E-state index in [-0.39, 0.29) is 5.91 Å². The molecule has 1 heterocycles. The van der Waals surface area contributed by atoms with Gasteiger partial charge in [-0.1, -0.05) is 31.4 Å². The molecule has 0 aromatic heterocycles. The molecule has 1 aliphatic heterocycles. The number of likely N-dealkylation sites (tertiary alicyclic amines) is 1. The SMILES string of the molecule is CN(CCCNC(=O)c1ccc(CC2CCN(C(=O)C3CC3)CC2)cc1)C1CCCCC1. The molecule has 5 nitrogen and oxygen atoms in total. The Hall–Kier alpha value is -1.88. The van der Waals surface area contributed by atoms with Crippen molar-refractivity contribution in [2.75, 3.05) is 33.2 Å². The van der Waals surface area contributed by atoms with Gasteiger partial charge in [-0.3, -0.25) is 9.59 Å². The van der Waals surface area contributed by atoms with Gasteiger partial charge in [-0.25, -0.2) is 0 Å². The van der Waals surface area contributed by atoms with Crippen molar-refractivity contribution < 1.29 is 9.59 Å². The second-order valence-electron chi connectivity index (χ2n) is 10.3. The van der Waals surface area contributed by atoms with Crippen molar-refractivity contribution >= 4 is 11.8 Å². The third-order valence-corrected chi connectivity index (χ3v) is 7.76. The lowest BCUT2D eigenvalue weighted by Gasteiger charge is -2.32. The first kappa shape index (κ1) is 23.3. The van der Waals surface area contributed by atoms with Crippen LogP contribution in [0.1, 0.15) is 80.1 Å². The molecule has 1 aromatic rings. The molecule has 2 aliphatic carbocycles. The largest absolute Gasteiger partial charge is 0.352 e. The summed E-state index contributed by atoms with van der Waals surface area (Å²) >= 11 is 0. The quantitative estimate of drug-likeness (QED) is 0.585. The standard InChI is InChI=1S/C27H41N3O2/c1-29(25-6-3-2-4-7-25)17-5-16-28-26(31)23-10-8-21(9-11-23)20-22-14-18-30(19-15-22)27(32)24-12-13-24/h8-11,22,24-25H,2-7,12-20H2,1H3,(H,28,31). The van der Waals surface area contributed by atoms with E-state index >= 15 is 0 Å². The van der Waals surface area contributed by atoms with E-state index in [0.717, 1.165) is 76.3 Å². The van der Waals surface area contributed by atoms with Crippen LogP contribution in [0.2, 0.25) is 0 Å². The maximum atomic E-state index is 12.5. The van der Waals surface area contributed by atoms with Crippen LogP contribution >= 0.6 is 0 Å². The van der Waals surface area contributed by atoms with Crippen LogP contribution in [0.3, 0.4) is 0 Å². The molecule has 2 amide bonds. The normalized spacial score (nSPS) is 20.5. The number of carbonyl (C=O) groups is 2. The van der Waals surface area contributed by atoms with Gasteiger partial charge in [-0.15, -0.1) is 0 Å². The van der Waals surface area contributed by atoms with Gasteiger partial charge in [0.15, 0.2) is 0 Å². The minimum atomic E-state index is 0.0313. The van der Waals surface area contributed by atoms with E-state index in [1.807, 2.05) is 12.1 Å². The van der Waals surface area contributed by atoms with Crippen molar-refractivity contribution in [1.82, 2.24) is 15.1 Å². The lowest BCUT2D eigenvalue weighted by molar-refractivity contribution is -0.133. The molecule has 176 valence electrons. The van der Waals surface area contributed by atoms with Gasteiger partial charge in [-0.05, 0) is 88.6 Å². The van der Waals surface area contributed by atoms with E-state index < -0.39 is 0 Å². The topological polar surface area (TPSA) is 52.7 Å². The van der Waals surface area contributed by atoms with Crippen LogP contribution in [0.25, 0.3) is 0 Å². The summed E-state index contributed by atoms with van der Waals surface area (Å²) in [5.41, 5.74) is 2.04. The van der Waals surface area contributed by atoms with Gasteiger partial charge in [0, 0.05) is 37.2 Å². The zero-order valence-corrected chi connectivity index (χ0v) is 19.9. The van der Waals surface area contributed by atoms with E-state index in [0.29, 0.717) is 17.7 Å². The van der Waals surface area contributed by atoms with Gasteiger partial charge in [-0.2, -0.15) is 0 Å². The molecule has 1 aromatic carbocycles. The van der Waals surface area contributed by atoms with Gasteiger partial charge >= 0.3 is 0 Å². The minimum absolute atomic E-state index is 0.0313. The number of piperidine rings is 1. The molecule has 2 saturated carbocycles. The molecule has 3 fully saturated rings. The van der Waals surface area contributed by atoms with Crippen LogP contribution in [0.4, 0.5) is 0 Å². The summed E-state index contributed by atoms with van der Waals surface area (Å²) in [7, 11) is 2.23. The predicted octanol–water partition coefficient (Wildman–Crippen LogP) is 4.26. The highest BCUT2D eigenvalue weighted by Gasteiger charge is 2.34. The van der Waals surface area contributed by atoms with Crippen LogP contribution in [-0.4, -0.2) is 60.9 Å². The van der Waals surface area contributed by atoms with Gasteiger partial charge in [0.2, 0.25) is 5.91 Å². The molecule has 1 N–H and O–H groups in total. The zero-order chi connectivity index (χ0) is 22.3. The van der Waals surface area contributed by atoms with Crippen LogP contribution in [0.5, 0.6) is 0 Å². The Bertz CT molecular complexity index is 745. The number of benzene rings is 1. The average Bonchev–Trinajstić information content (AvgIpc) is 3.68. The molecule has 1 saturated heterocycles. The fraction of sp³-hybridized carbons (Fsp3) is 0.704. The van der Waals surface area contributed by atoms with Crippen molar-refractivity contribution in [2.24, 2.45) is 11.8 Å². The minimum Gasteiger partial charge on any atom is -0.352 e. The molecule has 4 rings (SSSR count). The lowest BCUT2D eigenvalue weighted by Crippen LogP contribution is -2.39. The van der Waals surface area contributed by atoms with Crippen molar-refractivity contribution in [3.63, 3.8) is 0 Å². The number of hydrogen-bond donors (Lipinski definition) is 1. The summed E-state index contributed by atoms with van der Waals surface area (Å²) in [6, 6.07) is 8.87. The highest BCUT2D eigenvalue weighted by Crippen LogP contribution is 2.33. The van der Waals surface area contributed by atoms with Gasteiger partial charge in [0.1, 0.15) is 0 Å². The fourth-order valence-corrected chi connectivity index (χ4v) is 5.41. The molecular weight excluding hydrogens is 398 g/mol. The van der Waals surface area contributed by atoms with Crippen LogP contribution < -0.4 is 5.32 Å². The molecule has 5 heteroatoms. The van der Waals surface area contributed by atoms with Crippen LogP contribution in [0.15, 0.2) is 24.3 Å². The van der Waals surface area contributed by atoms with Gasteiger partial charge in [0.25, 0.3) is 5.91 Å². The third kappa shape index (κ3) is 6.57. The predicted molar refractivity (Wildman–Crippen MR) is 129 cm³/mol. The number of nitrogens with zero attached hydrogens (tertiary/aromatic N) is 2. The summed E-state index contributed by atoms with van der Waals surface area (Å²) in [6.07, 6.45) is 13.2. The van der Waals surface area contributed by atoms with E-state index in [9.17, 15) is 9.59 Å². The monoisotopic (exact) mass is 439 g/mol. The number of hydrogen-bond acceptors (Lipinski definition) is 3. The maximum absolute atomic E-state index is 12.5. The zero-order valence-electron chi connectivity index (χ0n) is 19.9. The molecule has 3 aliphatic rings. The number of nitrogens with one attached hydrogen (secondary N) is 1. The highest BCUT2D eigenvalue weighted by molar-refractivity contribution is 5.94. The Morgan fingerprint density at radius 3 is 2.31 bits per heavy atom. The lowest BCUT2D eigenvalue weighted by atomic mass is 9.89. The van der Waals surface area contributed by atoms with E-state index in [2.05, 4.69) is 34.3 Å². The molecule has 0 bridgehead atoms. The Kier molecular flexibility index (Phi) is 8.23. The van der Waals surface area contributed by atoms with Crippen molar-refractivity contribution in [3.8, 4) is 0 Å². The second-order valence-corrected chi connectivity index (χ2v) is 10.3. The summed E-state index contributed by atoms with van der Waals surface area (Å²) < 4.78 is 0.